The molecule has 0 spiro atoms. The van der Waals surface area contributed by atoms with E-state index in [0.717, 1.165) is 25.9 Å². The minimum absolute atomic E-state index is 0.122. The number of nitrogens with zero attached hydrogens (tertiary/aromatic N) is 5. The van der Waals surface area contributed by atoms with E-state index in [0.29, 0.717) is 18.3 Å². The van der Waals surface area contributed by atoms with Crippen LogP contribution >= 0.6 is 0 Å². The molecule has 0 aliphatic heterocycles. The molecule has 1 aliphatic rings. The van der Waals surface area contributed by atoms with Crippen LogP contribution in [0.25, 0.3) is 0 Å². The van der Waals surface area contributed by atoms with Crippen molar-refractivity contribution < 1.29 is 4.79 Å². The molecule has 21 heavy (non-hydrogen) atoms. The van der Waals surface area contributed by atoms with E-state index in [9.17, 15) is 4.79 Å². The van der Waals surface area contributed by atoms with Crippen molar-refractivity contribution in [2.45, 2.75) is 44.8 Å². The number of aromatic nitrogens is 3. The van der Waals surface area contributed by atoms with E-state index >= 15 is 0 Å². The summed E-state index contributed by atoms with van der Waals surface area (Å²) < 4.78 is 1.59. The summed E-state index contributed by atoms with van der Waals surface area (Å²) in [4.78, 5) is 16.7. The SMILES string of the molecule is CN(C)CCN(C(=O)Cn1cc(CN)nn1)C1CCCC1. The van der Waals surface area contributed by atoms with Gasteiger partial charge in [-0.1, -0.05) is 18.1 Å². The first-order chi connectivity index (χ1) is 10.1. The first kappa shape index (κ1) is 15.9. The molecular formula is C14H26N6O. The lowest BCUT2D eigenvalue weighted by molar-refractivity contribution is -0.134. The van der Waals surface area contributed by atoms with Crippen LogP contribution in [0.2, 0.25) is 0 Å². The molecule has 7 nitrogen and oxygen atoms in total. The molecule has 2 rings (SSSR count). The monoisotopic (exact) mass is 294 g/mol. The van der Waals surface area contributed by atoms with E-state index in [1.54, 1.807) is 10.9 Å². The minimum Gasteiger partial charge on any atom is -0.337 e. The van der Waals surface area contributed by atoms with Crippen LogP contribution < -0.4 is 5.73 Å². The van der Waals surface area contributed by atoms with Crippen molar-refractivity contribution in [3.05, 3.63) is 11.9 Å². The molecule has 0 aromatic carbocycles. The van der Waals surface area contributed by atoms with E-state index < -0.39 is 0 Å². The number of amides is 1. The molecule has 1 fully saturated rings. The number of hydrogen-bond acceptors (Lipinski definition) is 5. The Labute approximate surface area is 126 Å². The van der Waals surface area contributed by atoms with Gasteiger partial charge in [0.15, 0.2) is 0 Å². The molecule has 0 atom stereocenters. The number of rotatable bonds is 7. The van der Waals surface area contributed by atoms with Gasteiger partial charge in [-0.05, 0) is 26.9 Å². The number of nitrogens with two attached hydrogens (primary N) is 1. The summed E-state index contributed by atoms with van der Waals surface area (Å²) in [6.45, 7) is 2.25. The molecule has 2 N–H and O–H groups in total. The maximum absolute atomic E-state index is 12.6. The second-order valence-corrected chi connectivity index (χ2v) is 5.94. The third kappa shape index (κ3) is 4.50. The van der Waals surface area contributed by atoms with Crippen molar-refractivity contribution in [2.75, 3.05) is 27.2 Å². The van der Waals surface area contributed by atoms with Crippen molar-refractivity contribution in [3.8, 4) is 0 Å². The molecule has 1 heterocycles. The maximum Gasteiger partial charge on any atom is 0.244 e. The summed E-state index contributed by atoms with van der Waals surface area (Å²) >= 11 is 0. The van der Waals surface area contributed by atoms with E-state index in [1.807, 2.05) is 19.0 Å². The van der Waals surface area contributed by atoms with Gasteiger partial charge in [-0.25, -0.2) is 4.68 Å². The first-order valence-corrected chi connectivity index (χ1v) is 7.63. The van der Waals surface area contributed by atoms with Gasteiger partial charge < -0.3 is 15.5 Å². The number of carbonyl (C=O) groups excluding carboxylic acids is 1. The second kappa shape index (κ2) is 7.51. The fourth-order valence-corrected chi connectivity index (χ4v) is 2.77. The molecule has 1 aromatic rings. The molecule has 0 radical (unpaired) electrons. The van der Waals surface area contributed by atoms with Gasteiger partial charge in [0, 0.05) is 25.7 Å². The third-order valence-corrected chi connectivity index (χ3v) is 3.97. The number of hydrogen-bond donors (Lipinski definition) is 1. The van der Waals surface area contributed by atoms with Crippen LogP contribution in [0.15, 0.2) is 6.20 Å². The van der Waals surface area contributed by atoms with Crippen LogP contribution in [0, 0.1) is 0 Å². The standard InChI is InChI=1S/C14H26N6O/c1-18(2)7-8-20(13-5-3-4-6-13)14(21)11-19-10-12(9-15)16-17-19/h10,13H,3-9,11,15H2,1-2H3. The zero-order valence-electron chi connectivity index (χ0n) is 13.0. The highest BCUT2D eigenvalue weighted by molar-refractivity contribution is 5.76. The van der Waals surface area contributed by atoms with Crippen molar-refractivity contribution >= 4 is 5.91 Å². The second-order valence-electron chi connectivity index (χ2n) is 5.94. The Morgan fingerprint density at radius 3 is 2.67 bits per heavy atom. The molecule has 1 saturated carbocycles. The molecule has 0 saturated heterocycles. The molecule has 1 aliphatic carbocycles. The predicted octanol–water partition coefficient (Wildman–Crippen LogP) is 0.0696. The molecule has 0 unspecified atom stereocenters. The highest BCUT2D eigenvalue weighted by Gasteiger charge is 2.26. The molecule has 7 heteroatoms. The fourth-order valence-electron chi connectivity index (χ4n) is 2.77. The van der Waals surface area contributed by atoms with Crippen LogP contribution in [0.1, 0.15) is 31.4 Å². The number of likely N-dealkylation sites (N-methyl/N-ethyl adjacent to an activating group) is 1. The Kier molecular flexibility index (Phi) is 5.69. The quantitative estimate of drug-likeness (QED) is 0.770. The Hall–Kier alpha value is -1.47. The lowest BCUT2D eigenvalue weighted by Crippen LogP contribution is -2.44. The zero-order chi connectivity index (χ0) is 15.2. The molecule has 1 amide bonds. The molecule has 1 aromatic heterocycles. The summed E-state index contributed by atoms with van der Waals surface area (Å²) in [5.74, 6) is 0.122. The summed E-state index contributed by atoms with van der Waals surface area (Å²) in [5, 5.41) is 7.89. The molecular weight excluding hydrogens is 268 g/mol. The predicted molar refractivity (Wildman–Crippen MR) is 80.4 cm³/mol. The average molecular weight is 294 g/mol. The minimum atomic E-state index is 0.122. The average Bonchev–Trinajstić information content (AvgIpc) is 3.10. The van der Waals surface area contributed by atoms with Gasteiger partial charge in [-0.15, -0.1) is 5.10 Å². The van der Waals surface area contributed by atoms with E-state index in [2.05, 4.69) is 15.2 Å². The van der Waals surface area contributed by atoms with Crippen LogP contribution in [-0.2, 0) is 17.9 Å². The first-order valence-electron chi connectivity index (χ1n) is 7.63. The smallest absolute Gasteiger partial charge is 0.244 e. The van der Waals surface area contributed by atoms with Crippen molar-refractivity contribution in [1.29, 1.82) is 0 Å². The van der Waals surface area contributed by atoms with Crippen LogP contribution in [0.5, 0.6) is 0 Å². The van der Waals surface area contributed by atoms with Crippen LogP contribution in [0.3, 0.4) is 0 Å². The van der Waals surface area contributed by atoms with Crippen LogP contribution in [0.4, 0.5) is 0 Å². The van der Waals surface area contributed by atoms with Gasteiger partial charge in [0.2, 0.25) is 5.91 Å². The van der Waals surface area contributed by atoms with Crippen molar-refractivity contribution in [2.24, 2.45) is 5.73 Å². The lowest BCUT2D eigenvalue weighted by atomic mass is 10.2. The Balaban J connectivity index is 1.98. The Morgan fingerprint density at radius 1 is 1.38 bits per heavy atom. The van der Waals surface area contributed by atoms with Crippen LogP contribution in [-0.4, -0.2) is 63.9 Å². The third-order valence-electron chi connectivity index (χ3n) is 3.97. The molecule has 0 bridgehead atoms. The van der Waals surface area contributed by atoms with E-state index in [-0.39, 0.29) is 12.5 Å². The van der Waals surface area contributed by atoms with Crippen molar-refractivity contribution in [1.82, 2.24) is 24.8 Å². The highest BCUT2D eigenvalue weighted by Crippen LogP contribution is 2.23. The van der Waals surface area contributed by atoms with Gasteiger partial charge in [-0.2, -0.15) is 0 Å². The van der Waals surface area contributed by atoms with Gasteiger partial charge >= 0.3 is 0 Å². The number of carbonyl (C=O) groups is 1. The summed E-state index contributed by atoms with van der Waals surface area (Å²) in [6, 6.07) is 0.384. The summed E-state index contributed by atoms with van der Waals surface area (Å²) in [5.41, 5.74) is 6.23. The van der Waals surface area contributed by atoms with Gasteiger partial charge in [0.05, 0.1) is 11.9 Å². The normalized spacial score (nSPS) is 15.8. The maximum atomic E-state index is 12.6. The van der Waals surface area contributed by atoms with Gasteiger partial charge in [0.25, 0.3) is 0 Å². The lowest BCUT2D eigenvalue weighted by Gasteiger charge is -2.30. The fraction of sp³-hybridized carbons (Fsp3) is 0.786. The van der Waals surface area contributed by atoms with E-state index in [1.165, 1.54) is 12.8 Å². The zero-order valence-corrected chi connectivity index (χ0v) is 13.0. The summed E-state index contributed by atoms with van der Waals surface area (Å²) in [7, 11) is 4.06. The van der Waals surface area contributed by atoms with Gasteiger partial charge in [-0.3, -0.25) is 4.79 Å². The topological polar surface area (TPSA) is 80.3 Å². The van der Waals surface area contributed by atoms with E-state index in [4.69, 9.17) is 5.73 Å². The largest absolute Gasteiger partial charge is 0.337 e. The Bertz CT molecular complexity index is 452. The molecule has 118 valence electrons. The highest BCUT2D eigenvalue weighted by atomic mass is 16.2. The van der Waals surface area contributed by atoms with Crippen molar-refractivity contribution in [3.63, 3.8) is 0 Å². The Morgan fingerprint density at radius 2 is 2.10 bits per heavy atom. The van der Waals surface area contributed by atoms with Gasteiger partial charge in [0.1, 0.15) is 6.54 Å². The summed E-state index contributed by atoms with van der Waals surface area (Å²) in [6.07, 6.45) is 6.42.